The van der Waals surface area contributed by atoms with Gasteiger partial charge >= 0.3 is 0 Å². The van der Waals surface area contributed by atoms with Gasteiger partial charge in [-0.3, -0.25) is 0 Å². The van der Waals surface area contributed by atoms with Gasteiger partial charge in [-0.1, -0.05) is 0 Å². The molecule has 17 heavy (non-hydrogen) atoms. The summed E-state index contributed by atoms with van der Waals surface area (Å²) in [6.07, 6.45) is 4.39. The maximum Gasteiger partial charge on any atom is 0.243 e. The molecule has 2 heterocycles. The quantitative estimate of drug-likeness (QED) is 0.873. The van der Waals surface area contributed by atoms with E-state index in [0.29, 0.717) is 18.1 Å². The number of nitrogens with zero attached hydrogens (tertiary/aromatic N) is 3. The highest BCUT2D eigenvalue weighted by molar-refractivity contribution is 5.45. The third-order valence-corrected chi connectivity index (χ3v) is 3.25. The minimum atomic E-state index is 0.395. The summed E-state index contributed by atoms with van der Waals surface area (Å²) in [7, 11) is 1.76. The lowest BCUT2D eigenvalue weighted by molar-refractivity contribution is 0.0327. The number of nitrogens with one attached hydrogen (secondary N) is 1. The van der Waals surface area contributed by atoms with Crippen molar-refractivity contribution in [2.45, 2.75) is 31.9 Å². The van der Waals surface area contributed by atoms with Crippen LogP contribution in [0.25, 0.3) is 5.65 Å². The minimum absolute atomic E-state index is 0.395. The number of rotatable bonds is 3. The standard InChI is InChI=1S/C12H16N4O/c1-8-3-4-16-11(5-8)14-12(15-16)13-9-6-10(7-9)17-2/h3-5,9-10H,6-7H2,1-2H3,(H,13,15). The van der Waals surface area contributed by atoms with Crippen molar-refractivity contribution >= 4 is 11.6 Å². The Bertz CT molecular complexity index is 530. The van der Waals surface area contributed by atoms with Crippen LogP contribution in [0.15, 0.2) is 18.3 Å². The van der Waals surface area contributed by atoms with Crippen molar-refractivity contribution in [3.63, 3.8) is 0 Å². The van der Waals surface area contributed by atoms with Gasteiger partial charge < -0.3 is 10.1 Å². The summed E-state index contributed by atoms with van der Waals surface area (Å²) in [5.74, 6) is 0.704. The van der Waals surface area contributed by atoms with E-state index in [1.807, 2.05) is 18.3 Å². The molecule has 0 aromatic carbocycles. The highest BCUT2D eigenvalue weighted by atomic mass is 16.5. The molecule has 3 rings (SSSR count). The molecule has 1 aliphatic rings. The zero-order chi connectivity index (χ0) is 11.8. The van der Waals surface area contributed by atoms with Gasteiger partial charge in [0.05, 0.1) is 6.10 Å². The lowest BCUT2D eigenvalue weighted by Gasteiger charge is -2.34. The van der Waals surface area contributed by atoms with Crippen molar-refractivity contribution in [2.75, 3.05) is 12.4 Å². The van der Waals surface area contributed by atoms with Crippen molar-refractivity contribution in [3.05, 3.63) is 23.9 Å². The maximum absolute atomic E-state index is 5.24. The Balaban J connectivity index is 1.73. The van der Waals surface area contributed by atoms with Crippen LogP contribution in [0.2, 0.25) is 0 Å². The number of hydrogen-bond acceptors (Lipinski definition) is 4. The second kappa shape index (κ2) is 4.00. The minimum Gasteiger partial charge on any atom is -0.381 e. The van der Waals surface area contributed by atoms with Crippen molar-refractivity contribution in [2.24, 2.45) is 0 Å². The average molecular weight is 232 g/mol. The lowest BCUT2D eigenvalue weighted by Crippen LogP contribution is -2.40. The Labute approximate surface area is 99.8 Å². The van der Waals surface area contributed by atoms with E-state index in [0.717, 1.165) is 18.5 Å². The predicted molar refractivity (Wildman–Crippen MR) is 65.2 cm³/mol. The molecule has 0 amide bonds. The first-order valence-corrected chi connectivity index (χ1v) is 5.87. The van der Waals surface area contributed by atoms with E-state index < -0.39 is 0 Å². The van der Waals surface area contributed by atoms with Crippen LogP contribution in [0.4, 0.5) is 5.95 Å². The first-order chi connectivity index (χ1) is 8.24. The van der Waals surface area contributed by atoms with Gasteiger partial charge in [-0.25, -0.2) is 4.52 Å². The molecule has 0 bridgehead atoms. The first-order valence-electron chi connectivity index (χ1n) is 5.87. The molecule has 0 saturated heterocycles. The molecule has 0 radical (unpaired) electrons. The molecule has 1 saturated carbocycles. The van der Waals surface area contributed by atoms with Gasteiger partial charge in [0.15, 0.2) is 5.65 Å². The Morgan fingerprint density at radius 1 is 1.47 bits per heavy atom. The maximum atomic E-state index is 5.24. The van der Waals surface area contributed by atoms with Gasteiger partial charge in [0.2, 0.25) is 5.95 Å². The number of pyridine rings is 1. The number of aromatic nitrogens is 3. The van der Waals surface area contributed by atoms with Crippen molar-refractivity contribution in [1.82, 2.24) is 14.6 Å². The van der Waals surface area contributed by atoms with E-state index in [2.05, 4.69) is 22.3 Å². The van der Waals surface area contributed by atoms with Crippen molar-refractivity contribution in [3.8, 4) is 0 Å². The molecule has 0 spiro atoms. The van der Waals surface area contributed by atoms with Crippen LogP contribution >= 0.6 is 0 Å². The molecule has 0 aliphatic heterocycles. The fraction of sp³-hybridized carbons (Fsp3) is 0.500. The molecule has 1 aliphatic carbocycles. The summed E-state index contributed by atoms with van der Waals surface area (Å²) in [6, 6.07) is 4.49. The van der Waals surface area contributed by atoms with Gasteiger partial charge in [-0.15, -0.1) is 5.10 Å². The molecule has 0 unspecified atom stereocenters. The number of methoxy groups -OCH3 is 1. The molecule has 1 N–H and O–H groups in total. The van der Waals surface area contributed by atoms with E-state index in [4.69, 9.17) is 4.74 Å². The fourth-order valence-electron chi connectivity index (χ4n) is 2.10. The monoisotopic (exact) mass is 232 g/mol. The SMILES string of the molecule is COC1CC(Nc2nc3cc(C)ccn3n2)C1. The highest BCUT2D eigenvalue weighted by Gasteiger charge is 2.29. The van der Waals surface area contributed by atoms with Crippen LogP contribution in [-0.4, -0.2) is 33.9 Å². The van der Waals surface area contributed by atoms with Crippen LogP contribution in [0.1, 0.15) is 18.4 Å². The van der Waals surface area contributed by atoms with E-state index in [-0.39, 0.29) is 0 Å². The molecule has 2 aromatic heterocycles. The second-order valence-electron chi connectivity index (χ2n) is 4.61. The van der Waals surface area contributed by atoms with Gasteiger partial charge in [-0.05, 0) is 37.5 Å². The Hall–Kier alpha value is -1.62. The van der Waals surface area contributed by atoms with E-state index >= 15 is 0 Å². The zero-order valence-corrected chi connectivity index (χ0v) is 10.1. The molecule has 5 nitrogen and oxygen atoms in total. The van der Waals surface area contributed by atoms with E-state index in [9.17, 15) is 0 Å². The Morgan fingerprint density at radius 2 is 2.29 bits per heavy atom. The summed E-state index contributed by atoms with van der Waals surface area (Å²) in [5.41, 5.74) is 2.08. The highest BCUT2D eigenvalue weighted by Crippen LogP contribution is 2.25. The van der Waals surface area contributed by atoms with E-state index in [1.54, 1.807) is 11.6 Å². The zero-order valence-electron chi connectivity index (χ0n) is 10.1. The smallest absolute Gasteiger partial charge is 0.243 e. The van der Waals surface area contributed by atoms with Gasteiger partial charge in [-0.2, -0.15) is 4.98 Å². The summed E-state index contributed by atoms with van der Waals surface area (Å²) in [6.45, 7) is 2.05. The summed E-state index contributed by atoms with van der Waals surface area (Å²) < 4.78 is 7.04. The first kappa shape index (κ1) is 10.5. The summed E-state index contributed by atoms with van der Waals surface area (Å²) in [5, 5.41) is 7.71. The van der Waals surface area contributed by atoms with Crippen LogP contribution < -0.4 is 5.32 Å². The van der Waals surface area contributed by atoms with Gasteiger partial charge in [0, 0.05) is 19.3 Å². The third kappa shape index (κ3) is 1.98. The average Bonchev–Trinajstić information content (AvgIpc) is 2.64. The number of anilines is 1. The number of fused-ring (bicyclic) bond motifs is 1. The Morgan fingerprint density at radius 3 is 3.06 bits per heavy atom. The molecule has 1 fully saturated rings. The van der Waals surface area contributed by atoms with Gasteiger partial charge in [0.25, 0.3) is 0 Å². The summed E-state index contributed by atoms with van der Waals surface area (Å²) in [4.78, 5) is 4.45. The molecular weight excluding hydrogens is 216 g/mol. The largest absolute Gasteiger partial charge is 0.381 e. The lowest BCUT2D eigenvalue weighted by atomic mass is 9.89. The molecular formula is C12H16N4O. The van der Waals surface area contributed by atoms with Crippen LogP contribution in [-0.2, 0) is 4.74 Å². The van der Waals surface area contributed by atoms with Crippen LogP contribution in [0.3, 0.4) is 0 Å². The predicted octanol–water partition coefficient (Wildman–Crippen LogP) is 1.63. The van der Waals surface area contributed by atoms with E-state index in [1.165, 1.54) is 5.56 Å². The van der Waals surface area contributed by atoms with Crippen molar-refractivity contribution in [1.29, 1.82) is 0 Å². The molecule has 2 aromatic rings. The number of ether oxygens (including phenoxy) is 1. The topological polar surface area (TPSA) is 51.5 Å². The normalized spacial score (nSPS) is 23.6. The van der Waals surface area contributed by atoms with Crippen LogP contribution in [0, 0.1) is 6.92 Å². The second-order valence-corrected chi connectivity index (χ2v) is 4.61. The molecule has 90 valence electrons. The third-order valence-electron chi connectivity index (χ3n) is 3.25. The number of aryl methyl sites for hydroxylation is 1. The van der Waals surface area contributed by atoms with Gasteiger partial charge in [0.1, 0.15) is 0 Å². The van der Waals surface area contributed by atoms with Crippen LogP contribution in [0.5, 0.6) is 0 Å². The molecule has 0 atom stereocenters. The Kier molecular flexibility index (Phi) is 2.48. The number of hydrogen-bond donors (Lipinski definition) is 1. The van der Waals surface area contributed by atoms with Crippen molar-refractivity contribution < 1.29 is 4.74 Å². The molecule has 5 heteroatoms. The summed E-state index contributed by atoms with van der Waals surface area (Å²) >= 11 is 0. The fourth-order valence-corrected chi connectivity index (χ4v) is 2.10.